The van der Waals surface area contributed by atoms with E-state index in [1.54, 1.807) is 12.0 Å². The second kappa shape index (κ2) is 10.7. The van der Waals surface area contributed by atoms with Crippen molar-refractivity contribution < 1.29 is 29.2 Å². The number of benzene rings is 1. The van der Waals surface area contributed by atoms with E-state index >= 15 is 0 Å². The third kappa shape index (κ3) is 4.94. The molecule has 4 atom stereocenters. The first-order chi connectivity index (χ1) is 15.6. The Labute approximate surface area is 188 Å². The lowest BCUT2D eigenvalue weighted by Crippen LogP contribution is -2.58. The summed E-state index contributed by atoms with van der Waals surface area (Å²) < 4.78 is 16.7. The van der Waals surface area contributed by atoms with Gasteiger partial charge in [0.25, 0.3) is 0 Å². The van der Waals surface area contributed by atoms with Crippen LogP contribution in [0.3, 0.4) is 0 Å². The largest absolute Gasteiger partial charge is 0.495 e. The predicted molar refractivity (Wildman–Crippen MR) is 118 cm³/mol. The number of urea groups is 1. The molecule has 0 spiro atoms. The van der Waals surface area contributed by atoms with E-state index in [0.29, 0.717) is 26.3 Å². The van der Waals surface area contributed by atoms with Crippen molar-refractivity contribution in [3.63, 3.8) is 0 Å². The maximum Gasteiger partial charge on any atom is 0.317 e. The Kier molecular flexibility index (Phi) is 7.69. The standard InChI is InChI=1S/C22H34N4O6/c1-30-17-5-3-2-4-16(17)24-6-8-25(9-7-24)20-18(32-19(15-27)21(20)28)14-23-22(29)26-10-12-31-13-11-26/h2-5,18-21,27-28H,6-15H2,1H3,(H,23,29)/t18-,19+,20+,21-/m1/s1. The van der Waals surface area contributed by atoms with E-state index in [-0.39, 0.29) is 25.2 Å². The molecule has 0 radical (unpaired) electrons. The number of carbonyl (C=O) groups is 1. The monoisotopic (exact) mass is 450 g/mol. The molecule has 3 N–H and O–H groups in total. The second-order valence-electron chi connectivity index (χ2n) is 8.36. The first-order valence-electron chi connectivity index (χ1n) is 11.3. The van der Waals surface area contributed by atoms with Crippen LogP contribution in [0.5, 0.6) is 5.75 Å². The number of anilines is 1. The molecule has 0 aromatic heterocycles. The summed E-state index contributed by atoms with van der Waals surface area (Å²) in [7, 11) is 1.67. The normalized spacial score (nSPS) is 29.2. The van der Waals surface area contributed by atoms with E-state index in [4.69, 9.17) is 14.2 Å². The number of aliphatic hydroxyl groups is 2. The molecule has 1 aromatic rings. The highest BCUT2D eigenvalue weighted by Crippen LogP contribution is 2.31. The molecule has 3 heterocycles. The van der Waals surface area contributed by atoms with Gasteiger partial charge >= 0.3 is 6.03 Å². The molecule has 3 aliphatic rings. The van der Waals surface area contributed by atoms with Gasteiger partial charge in [0.2, 0.25) is 0 Å². The molecule has 4 rings (SSSR count). The first-order valence-corrected chi connectivity index (χ1v) is 11.3. The van der Waals surface area contributed by atoms with Crippen LogP contribution in [-0.2, 0) is 9.47 Å². The summed E-state index contributed by atoms with van der Waals surface area (Å²) in [5.41, 5.74) is 1.06. The Bertz CT molecular complexity index is 754. The minimum absolute atomic E-state index is 0.154. The van der Waals surface area contributed by atoms with Crippen molar-refractivity contribution in [2.75, 3.05) is 77.6 Å². The van der Waals surface area contributed by atoms with Gasteiger partial charge < -0.3 is 39.5 Å². The van der Waals surface area contributed by atoms with Crippen LogP contribution in [0.25, 0.3) is 0 Å². The molecular formula is C22H34N4O6. The zero-order valence-electron chi connectivity index (χ0n) is 18.6. The van der Waals surface area contributed by atoms with Gasteiger partial charge in [-0.15, -0.1) is 0 Å². The van der Waals surface area contributed by atoms with Crippen molar-refractivity contribution >= 4 is 11.7 Å². The number of nitrogens with zero attached hydrogens (tertiary/aromatic N) is 3. The van der Waals surface area contributed by atoms with Crippen LogP contribution in [-0.4, -0.2) is 123 Å². The lowest BCUT2D eigenvalue weighted by atomic mass is 10.0. The van der Waals surface area contributed by atoms with Crippen molar-refractivity contribution in [3.8, 4) is 5.75 Å². The highest BCUT2D eigenvalue weighted by atomic mass is 16.5. The number of carbonyl (C=O) groups excluding carboxylic acids is 1. The summed E-state index contributed by atoms with van der Waals surface area (Å²) in [6.07, 6.45) is -1.87. The molecule has 1 aromatic carbocycles. The van der Waals surface area contributed by atoms with E-state index in [1.807, 2.05) is 24.3 Å². The number of ether oxygens (including phenoxy) is 3. The molecule has 0 aliphatic carbocycles. The van der Waals surface area contributed by atoms with Crippen molar-refractivity contribution in [1.29, 1.82) is 0 Å². The fourth-order valence-corrected chi connectivity index (χ4v) is 4.81. The van der Waals surface area contributed by atoms with Gasteiger partial charge in [0.1, 0.15) is 18.0 Å². The Morgan fingerprint density at radius 3 is 2.53 bits per heavy atom. The average Bonchev–Trinajstić information content (AvgIpc) is 3.18. The van der Waals surface area contributed by atoms with E-state index in [1.165, 1.54) is 0 Å². The number of methoxy groups -OCH3 is 1. The Morgan fingerprint density at radius 2 is 1.84 bits per heavy atom. The van der Waals surface area contributed by atoms with E-state index < -0.39 is 18.3 Å². The summed E-state index contributed by atoms with van der Waals surface area (Å²) in [6, 6.07) is 7.51. The third-order valence-electron chi connectivity index (χ3n) is 6.56. The first kappa shape index (κ1) is 23.1. The number of morpholine rings is 1. The number of hydrogen-bond donors (Lipinski definition) is 3. The minimum atomic E-state index is -0.817. The number of hydrogen-bond acceptors (Lipinski definition) is 8. The lowest BCUT2D eigenvalue weighted by Gasteiger charge is -2.41. The molecule has 10 nitrogen and oxygen atoms in total. The predicted octanol–water partition coefficient (Wildman–Crippen LogP) is -0.652. The Hall–Kier alpha value is -2.11. The molecular weight excluding hydrogens is 416 g/mol. The van der Waals surface area contributed by atoms with Gasteiger partial charge in [0.05, 0.1) is 44.8 Å². The topological polar surface area (TPSA) is 107 Å². The Morgan fingerprint density at radius 1 is 1.12 bits per heavy atom. The van der Waals surface area contributed by atoms with Gasteiger partial charge in [0.15, 0.2) is 0 Å². The smallest absolute Gasteiger partial charge is 0.317 e. The molecule has 178 valence electrons. The molecule has 0 bridgehead atoms. The van der Waals surface area contributed by atoms with Gasteiger partial charge in [0, 0.05) is 45.8 Å². The van der Waals surface area contributed by atoms with E-state index in [0.717, 1.165) is 37.6 Å². The lowest BCUT2D eigenvalue weighted by molar-refractivity contribution is -0.0211. The molecule has 32 heavy (non-hydrogen) atoms. The van der Waals surface area contributed by atoms with Crippen LogP contribution in [0.4, 0.5) is 10.5 Å². The summed E-state index contributed by atoms with van der Waals surface area (Å²) in [6.45, 7) is 5.25. The summed E-state index contributed by atoms with van der Waals surface area (Å²) in [4.78, 5) is 18.7. The van der Waals surface area contributed by atoms with Crippen LogP contribution < -0.4 is 15.0 Å². The van der Waals surface area contributed by atoms with Crippen molar-refractivity contribution in [1.82, 2.24) is 15.1 Å². The highest BCUT2D eigenvalue weighted by Gasteiger charge is 2.47. The number of para-hydroxylation sites is 2. The number of aliphatic hydroxyl groups excluding tert-OH is 2. The quantitative estimate of drug-likeness (QED) is 0.525. The molecule has 3 saturated heterocycles. The number of nitrogens with one attached hydrogen (secondary N) is 1. The van der Waals surface area contributed by atoms with Crippen LogP contribution in [0.2, 0.25) is 0 Å². The SMILES string of the molecule is COc1ccccc1N1CCN([C@@H]2[C@H](O)[C@H](CO)O[C@@H]2CNC(=O)N2CCOCC2)CC1. The molecule has 0 unspecified atom stereocenters. The van der Waals surface area contributed by atoms with Gasteiger partial charge in [-0.05, 0) is 12.1 Å². The molecule has 10 heteroatoms. The van der Waals surface area contributed by atoms with Crippen molar-refractivity contribution in [2.45, 2.75) is 24.4 Å². The average molecular weight is 451 g/mol. The molecule has 0 saturated carbocycles. The van der Waals surface area contributed by atoms with Crippen LogP contribution in [0, 0.1) is 0 Å². The molecule has 2 amide bonds. The van der Waals surface area contributed by atoms with Crippen LogP contribution in [0.15, 0.2) is 24.3 Å². The summed E-state index contributed by atoms with van der Waals surface area (Å²) in [5.74, 6) is 0.842. The van der Waals surface area contributed by atoms with Gasteiger partial charge in [-0.2, -0.15) is 0 Å². The zero-order valence-corrected chi connectivity index (χ0v) is 18.6. The molecule has 3 fully saturated rings. The van der Waals surface area contributed by atoms with E-state index in [2.05, 4.69) is 15.1 Å². The van der Waals surface area contributed by atoms with Crippen LogP contribution >= 0.6 is 0 Å². The third-order valence-corrected chi connectivity index (χ3v) is 6.56. The van der Waals surface area contributed by atoms with Crippen molar-refractivity contribution in [3.05, 3.63) is 24.3 Å². The fourth-order valence-electron chi connectivity index (χ4n) is 4.81. The van der Waals surface area contributed by atoms with Gasteiger partial charge in [-0.1, -0.05) is 12.1 Å². The van der Waals surface area contributed by atoms with Crippen molar-refractivity contribution in [2.24, 2.45) is 0 Å². The number of amides is 2. The highest BCUT2D eigenvalue weighted by molar-refractivity contribution is 5.74. The number of piperazine rings is 1. The maximum absolute atomic E-state index is 12.5. The fraction of sp³-hybridized carbons (Fsp3) is 0.682. The van der Waals surface area contributed by atoms with Crippen LogP contribution in [0.1, 0.15) is 0 Å². The zero-order chi connectivity index (χ0) is 22.5. The summed E-state index contributed by atoms with van der Waals surface area (Å²) >= 11 is 0. The second-order valence-corrected chi connectivity index (χ2v) is 8.36. The molecule has 3 aliphatic heterocycles. The summed E-state index contributed by atoms with van der Waals surface area (Å²) in [5, 5.41) is 23.5. The minimum Gasteiger partial charge on any atom is -0.495 e. The maximum atomic E-state index is 12.5. The van der Waals surface area contributed by atoms with E-state index in [9.17, 15) is 15.0 Å². The Balaban J connectivity index is 1.37. The van der Waals surface area contributed by atoms with Gasteiger partial charge in [-0.25, -0.2) is 4.79 Å². The number of rotatable bonds is 6. The van der Waals surface area contributed by atoms with Gasteiger partial charge in [-0.3, -0.25) is 4.90 Å².